The van der Waals surface area contributed by atoms with Crippen molar-refractivity contribution in [2.45, 2.75) is 31.4 Å². The zero-order chi connectivity index (χ0) is 12.5. The molecule has 0 saturated heterocycles. The molecule has 5 nitrogen and oxygen atoms in total. The number of fused-ring (bicyclic) bond motifs is 1. The second-order valence-corrected chi connectivity index (χ2v) is 4.77. The van der Waals surface area contributed by atoms with Crippen molar-refractivity contribution in [3.05, 3.63) is 24.2 Å². The molecule has 0 amide bonds. The van der Waals surface area contributed by atoms with E-state index in [0.717, 1.165) is 23.4 Å². The summed E-state index contributed by atoms with van der Waals surface area (Å²) in [5.74, 6) is 1.04. The number of nitrogens with two attached hydrogens (primary N) is 1. The first kappa shape index (κ1) is 11.6. The minimum Gasteiger partial charge on any atom is -0.380 e. The van der Waals surface area contributed by atoms with Gasteiger partial charge in [-0.2, -0.15) is 0 Å². The zero-order valence-electron chi connectivity index (χ0n) is 10.5. The second-order valence-electron chi connectivity index (χ2n) is 4.77. The van der Waals surface area contributed by atoms with Crippen LogP contribution in [0.3, 0.4) is 0 Å². The number of hydrogen-bond acceptors (Lipinski definition) is 4. The quantitative estimate of drug-likeness (QED) is 0.863. The van der Waals surface area contributed by atoms with Crippen LogP contribution in [0.15, 0.2) is 18.3 Å². The highest BCUT2D eigenvalue weighted by Crippen LogP contribution is 2.38. The summed E-state index contributed by atoms with van der Waals surface area (Å²) in [4.78, 5) is 9.12. The number of rotatable bonds is 5. The van der Waals surface area contributed by atoms with E-state index in [0.29, 0.717) is 12.6 Å². The molecule has 1 saturated carbocycles. The van der Waals surface area contributed by atoms with Crippen molar-refractivity contribution in [3.63, 3.8) is 0 Å². The first-order valence-corrected chi connectivity index (χ1v) is 6.38. The molecule has 3 rings (SSSR count). The fourth-order valence-corrected chi connectivity index (χ4v) is 2.30. The van der Waals surface area contributed by atoms with Gasteiger partial charge in [0, 0.05) is 32.3 Å². The molecule has 1 unspecified atom stereocenters. The predicted octanol–water partition coefficient (Wildman–Crippen LogP) is 1.28. The summed E-state index contributed by atoms with van der Waals surface area (Å²) in [6.07, 6.45) is 5.03. The van der Waals surface area contributed by atoms with Crippen molar-refractivity contribution in [3.8, 4) is 0 Å². The Morgan fingerprint density at radius 1 is 1.56 bits per heavy atom. The minimum atomic E-state index is 0.0271. The Morgan fingerprint density at radius 3 is 3.06 bits per heavy atom. The highest BCUT2D eigenvalue weighted by atomic mass is 16.5. The fraction of sp³-hybridized carbons (Fsp3) is 0.538. The van der Waals surface area contributed by atoms with E-state index in [1.165, 1.54) is 12.8 Å². The van der Waals surface area contributed by atoms with Gasteiger partial charge in [-0.25, -0.2) is 9.97 Å². The van der Waals surface area contributed by atoms with Crippen molar-refractivity contribution in [2.24, 2.45) is 5.73 Å². The van der Waals surface area contributed by atoms with Gasteiger partial charge in [-0.1, -0.05) is 0 Å². The van der Waals surface area contributed by atoms with Gasteiger partial charge in [-0.3, -0.25) is 0 Å². The summed E-state index contributed by atoms with van der Waals surface area (Å²) in [5.41, 5.74) is 7.64. The minimum absolute atomic E-state index is 0.0271. The second kappa shape index (κ2) is 4.66. The molecular formula is C13H18N4O. The Kier molecular flexibility index (Phi) is 3.01. The number of hydrogen-bond donors (Lipinski definition) is 1. The Bertz CT molecular complexity index is 543. The molecule has 96 valence electrons. The fourth-order valence-electron chi connectivity index (χ4n) is 2.30. The lowest BCUT2D eigenvalue weighted by molar-refractivity contribution is 0.107. The van der Waals surface area contributed by atoms with Crippen LogP contribution >= 0.6 is 0 Å². The van der Waals surface area contributed by atoms with E-state index in [4.69, 9.17) is 10.5 Å². The van der Waals surface area contributed by atoms with Gasteiger partial charge in [0.25, 0.3) is 0 Å². The van der Waals surface area contributed by atoms with E-state index >= 15 is 0 Å². The third-order valence-electron chi connectivity index (χ3n) is 3.44. The highest BCUT2D eigenvalue weighted by Gasteiger charge is 2.29. The van der Waals surface area contributed by atoms with Gasteiger partial charge in [-0.05, 0) is 25.0 Å². The molecule has 0 radical (unpaired) electrons. The van der Waals surface area contributed by atoms with Crippen molar-refractivity contribution in [1.29, 1.82) is 0 Å². The molecule has 0 bridgehead atoms. The van der Waals surface area contributed by atoms with Crippen LogP contribution in [0.1, 0.15) is 24.7 Å². The zero-order valence-corrected chi connectivity index (χ0v) is 10.5. The Morgan fingerprint density at radius 2 is 2.39 bits per heavy atom. The van der Waals surface area contributed by atoms with Gasteiger partial charge in [0.15, 0.2) is 5.65 Å². The van der Waals surface area contributed by atoms with Crippen LogP contribution in [0.4, 0.5) is 0 Å². The molecule has 1 atom stereocenters. The Balaban J connectivity index is 2.01. The van der Waals surface area contributed by atoms with E-state index in [1.807, 2.05) is 18.3 Å². The number of pyridine rings is 1. The van der Waals surface area contributed by atoms with Crippen molar-refractivity contribution in [2.75, 3.05) is 13.7 Å². The van der Waals surface area contributed by atoms with Crippen molar-refractivity contribution in [1.82, 2.24) is 14.5 Å². The number of aromatic nitrogens is 3. The molecule has 5 heteroatoms. The molecule has 0 aromatic carbocycles. The van der Waals surface area contributed by atoms with Gasteiger partial charge < -0.3 is 15.0 Å². The molecule has 1 aliphatic carbocycles. The molecule has 1 aliphatic rings. The van der Waals surface area contributed by atoms with Crippen LogP contribution in [0.5, 0.6) is 0 Å². The van der Waals surface area contributed by atoms with Gasteiger partial charge in [0.05, 0.1) is 6.10 Å². The third kappa shape index (κ3) is 2.00. The largest absolute Gasteiger partial charge is 0.380 e. The van der Waals surface area contributed by atoms with Crippen molar-refractivity contribution < 1.29 is 4.74 Å². The molecule has 0 spiro atoms. The van der Waals surface area contributed by atoms with Crippen LogP contribution in [0.25, 0.3) is 11.2 Å². The van der Waals surface area contributed by atoms with Crippen LogP contribution in [0, 0.1) is 0 Å². The normalized spacial score (nSPS) is 17.2. The standard InChI is InChI=1S/C13H18N4O/c1-18-10(8-14)7-12-16-11-3-2-6-15-13(11)17(12)9-4-5-9/h2-3,6,9-10H,4-5,7-8,14H2,1H3. The number of nitrogens with zero attached hydrogens (tertiary/aromatic N) is 3. The van der Waals surface area contributed by atoms with Gasteiger partial charge >= 0.3 is 0 Å². The SMILES string of the molecule is COC(CN)Cc1nc2cccnc2n1C1CC1. The summed E-state index contributed by atoms with van der Waals surface area (Å²) in [6.45, 7) is 0.512. The summed E-state index contributed by atoms with van der Waals surface area (Å²) in [6, 6.07) is 4.50. The maximum atomic E-state index is 5.69. The van der Waals surface area contributed by atoms with E-state index in [2.05, 4.69) is 14.5 Å². The third-order valence-corrected chi connectivity index (χ3v) is 3.44. The molecule has 2 aromatic rings. The summed E-state index contributed by atoms with van der Waals surface area (Å²) in [7, 11) is 1.69. The van der Waals surface area contributed by atoms with E-state index in [1.54, 1.807) is 7.11 Å². The molecule has 2 aromatic heterocycles. The average Bonchev–Trinajstić information content (AvgIpc) is 3.17. The topological polar surface area (TPSA) is 66.0 Å². The van der Waals surface area contributed by atoms with Crippen molar-refractivity contribution >= 4 is 11.2 Å². The number of imidazole rings is 1. The van der Waals surface area contributed by atoms with Gasteiger partial charge in [0.1, 0.15) is 11.3 Å². The molecule has 18 heavy (non-hydrogen) atoms. The average molecular weight is 246 g/mol. The van der Waals surface area contributed by atoms with Crippen LogP contribution < -0.4 is 5.73 Å². The molecule has 0 aliphatic heterocycles. The maximum Gasteiger partial charge on any atom is 0.160 e. The molecule has 2 N–H and O–H groups in total. The smallest absolute Gasteiger partial charge is 0.160 e. The summed E-state index contributed by atoms with van der Waals surface area (Å²) < 4.78 is 7.62. The lowest BCUT2D eigenvalue weighted by atomic mass is 10.2. The number of ether oxygens (including phenoxy) is 1. The summed E-state index contributed by atoms with van der Waals surface area (Å²) in [5, 5.41) is 0. The van der Waals surface area contributed by atoms with Crippen LogP contribution in [-0.2, 0) is 11.2 Å². The predicted molar refractivity (Wildman–Crippen MR) is 69.4 cm³/mol. The first-order valence-electron chi connectivity index (χ1n) is 6.38. The number of methoxy groups -OCH3 is 1. The van der Waals surface area contributed by atoms with E-state index in [9.17, 15) is 0 Å². The molecule has 2 heterocycles. The summed E-state index contributed by atoms with van der Waals surface area (Å²) >= 11 is 0. The van der Waals surface area contributed by atoms with E-state index < -0.39 is 0 Å². The first-order chi connectivity index (χ1) is 8.83. The van der Waals surface area contributed by atoms with E-state index in [-0.39, 0.29) is 6.10 Å². The Hall–Kier alpha value is -1.46. The lowest BCUT2D eigenvalue weighted by Gasteiger charge is -2.13. The van der Waals surface area contributed by atoms with Gasteiger partial charge in [0.2, 0.25) is 0 Å². The maximum absolute atomic E-state index is 5.69. The lowest BCUT2D eigenvalue weighted by Crippen LogP contribution is -2.26. The highest BCUT2D eigenvalue weighted by molar-refractivity contribution is 5.71. The van der Waals surface area contributed by atoms with Crippen LogP contribution in [-0.4, -0.2) is 34.3 Å². The van der Waals surface area contributed by atoms with Gasteiger partial charge in [-0.15, -0.1) is 0 Å². The monoisotopic (exact) mass is 246 g/mol. The molecule has 1 fully saturated rings. The van der Waals surface area contributed by atoms with Crippen LogP contribution in [0.2, 0.25) is 0 Å². The Labute approximate surface area is 106 Å². The molecular weight excluding hydrogens is 228 g/mol.